The maximum absolute atomic E-state index is 13.9. The molecule has 0 bridgehead atoms. The van der Waals surface area contributed by atoms with Crippen molar-refractivity contribution in [3.05, 3.63) is 57.8 Å². The minimum atomic E-state index is -0.569. The lowest BCUT2D eigenvalue weighted by atomic mass is 10.2. The number of ether oxygens (including phenoxy) is 1. The van der Waals surface area contributed by atoms with Crippen LogP contribution in [-0.2, 0) is 6.54 Å². The van der Waals surface area contributed by atoms with E-state index in [1.165, 1.54) is 18.9 Å². The van der Waals surface area contributed by atoms with E-state index in [-0.39, 0.29) is 10.8 Å². The standard InChI is InChI=1S/C16H14Cl2FNO/c17-12-3-1-5-14(11(12)9-20-10-7-8-10)21-15-6-2-4-13(18)16(15)19/h1-6,10,20H,7-9H2. The third kappa shape index (κ3) is 3.49. The minimum Gasteiger partial charge on any atom is -0.454 e. The van der Waals surface area contributed by atoms with Gasteiger partial charge in [-0.05, 0) is 37.1 Å². The summed E-state index contributed by atoms with van der Waals surface area (Å²) in [5.74, 6) is 0.0644. The molecule has 0 aliphatic heterocycles. The molecule has 110 valence electrons. The molecule has 0 spiro atoms. The first-order valence-electron chi connectivity index (χ1n) is 6.78. The summed E-state index contributed by atoms with van der Waals surface area (Å²) in [5, 5.41) is 4.02. The summed E-state index contributed by atoms with van der Waals surface area (Å²) in [7, 11) is 0. The topological polar surface area (TPSA) is 21.3 Å². The van der Waals surface area contributed by atoms with E-state index in [1.54, 1.807) is 30.3 Å². The van der Waals surface area contributed by atoms with Crippen molar-refractivity contribution in [2.45, 2.75) is 25.4 Å². The molecule has 1 aliphatic carbocycles. The van der Waals surface area contributed by atoms with Crippen LogP contribution in [0.5, 0.6) is 11.5 Å². The van der Waals surface area contributed by atoms with Crippen molar-refractivity contribution in [3.63, 3.8) is 0 Å². The average molecular weight is 326 g/mol. The van der Waals surface area contributed by atoms with Crippen LogP contribution in [0.4, 0.5) is 4.39 Å². The Bertz CT molecular complexity index is 659. The average Bonchev–Trinajstić information content (AvgIpc) is 3.27. The summed E-state index contributed by atoms with van der Waals surface area (Å²) in [6.07, 6.45) is 2.37. The Balaban J connectivity index is 1.86. The van der Waals surface area contributed by atoms with Crippen molar-refractivity contribution in [1.29, 1.82) is 0 Å². The van der Waals surface area contributed by atoms with Gasteiger partial charge in [0.05, 0.1) is 5.02 Å². The maximum atomic E-state index is 13.9. The molecule has 2 aromatic carbocycles. The van der Waals surface area contributed by atoms with E-state index >= 15 is 0 Å². The van der Waals surface area contributed by atoms with Crippen molar-refractivity contribution >= 4 is 23.2 Å². The zero-order chi connectivity index (χ0) is 14.8. The zero-order valence-corrected chi connectivity index (χ0v) is 12.7. The van der Waals surface area contributed by atoms with Crippen LogP contribution in [0, 0.1) is 5.82 Å². The van der Waals surface area contributed by atoms with Gasteiger partial charge in [0.15, 0.2) is 11.6 Å². The Morgan fingerprint density at radius 3 is 2.43 bits per heavy atom. The molecule has 0 heterocycles. The number of halogens is 3. The molecule has 2 aromatic rings. The lowest BCUT2D eigenvalue weighted by Gasteiger charge is -2.14. The van der Waals surface area contributed by atoms with Gasteiger partial charge in [0, 0.05) is 23.2 Å². The zero-order valence-electron chi connectivity index (χ0n) is 11.2. The fourth-order valence-corrected chi connectivity index (χ4v) is 2.42. The first kappa shape index (κ1) is 14.6. The molecule has 0 amide bonds. The molecule has 0 aromatic heterocycles. The molecule has 0 unspecified atom stereocenters. The predicted octanol–water partition coefficient (Wildman–Crippen LogP) is 5.18. The van der Waals surface area contributed by atoms with Crippen molar-refractivity contribution in [3.8, 4) is 11.5 Å². The normalized spacial score (nSPS) is 14.2. The molecular weight excluding hydrogens is 312 g/mol. The van der Waals surface area contributed by atoms with Gasteiger partial charge in [0.1, 0.15) is 5.75 Å². The van der Waals surface area contributed by atoms with Crippen molar-refractivity contribution in [2.75, 3.05) is 0 Å². The van der Waals surface area contributed by atoms with Crippen LogP contribution in [0.25, 0.3) is 0 Å². The van der Waals surface area contributed by atoms with Crippen LogP contribution < -0.4 is 10.1 Å². The summed E-state index contributed by atoms with van der Waals surface area (Å²) in [4.78, 5) is 0. The molecule has 3 rings (SSSR count). The maximum Gasteiger partial charge on any atom is 0.184 e. The monoisotopic (exact) mass is 325 g/mol. The Kier molecular flexibility index (Phi) is 4.34. The predicted molar refractivity (Wildman–Crippen MR) is 82.8 cm³/mol. The van der Waals surface area contributed by atoms with Gasteiger partial charge in [0.25, 0.3) is 0 Å². The van der Waals surface area contributed by atoms with E-state index in [4.69, 9.17) is 27.9 Å². The second kappa shape index (κ2) is 6.22. The third-order valence-electron chi connectivity index (χ3n) is 3.36. The summed E-state index contributed by atoms with van der Waals surface area (Å²) >= 11 is 12.0. The summed E-state index contributed by atoms with van der Waals surface area (Å²) in [6.45, 7) is 0.599. The quantitative estimate of drug-likeness (QED) is 0.818. The van der Waals surface area contributed by atoms with Gasteiger partial charge in [-0.3, -0.25) is 0 Å². The second-order valence-electron chi connectivity index (χ2n) is 5.03. The van der Waals surface area contributed by atoms with Gasteiger partial charge in [-0.15, -0.1) is 0 Å². The Morgan fingerprint density at radius 2 is 1.71 bits per heavy atom. The van der Waals surface area contributed by atoms with Crippen LogP contribution in [0.3, 0.4) is 0 Å². The van der Waals surface area contributed by atoms with Crippen molar-refractivity contribution in [1.82, 2.24) is 5.32 Å². The van der Waals surface area contributed by atoms with E-state index in [0.717, 1.165) is 5.56 Å². The van der Waals surface area contributed by atoms with Gasteiger partial charge in [-0.1, -0.05) is 35.3 Å². The van der Waals surface area contributed by atoms with E-state index in [2.05, 4.69) is 5.32 Å². The van der Waals surface area contributed by atoms with Crippen LogP contribution in [0.2, 0.25) is 10.0 Å². The molecule has 21 heavy (non-hydrogen) atoms. The number of hydrogen-bond donors (Lipinski definition) is 1. The van der Waals surface area contributed by atoms with Crippen LogP contribution >= 0.6 is 23.2 Å². The highest BCUT2D eigenvalue weighted by molar-refractivity contribution is 6.31. The van der Waals surface area contributed by atoms with Crippen LogP contribution in [0.15, 0.2) is 36.4 Å². The van der Waals surface area contributed by atoms with Gasteiger partial charge >= 0.3 is 0 Å². The van der Waals surface area contributed by atoms with Crippen LogP contribution in [0.1, 0.15) is 18.4 Å². The highest BCUT2D eigenvalue weighted by Crippen LogP contribution is 2.34. The second-order valence-corrected chi connectivity index (χ2v) is 5.84. The van der Waals surface area contributed by atoms with Crippen LogP contribution in [-0.4, -0.2) is 6.04 Å². The van der Waals surface area contributed by atoms with Gasteiger partial charge < -0.3 is 10.1 Å². The molecule has 1 saturated carbocycles. The van der Waals surface area contributed by atoms with Crippen molar-refractivity contribution in [2.24, 2.45) is 0 Å². The Morgan fingerprint density at radius 1 is 1.05 bits per heavy atom. The van der Waals surface area contributed by atoms with E-state index in [9.17, 15) is 4.39 Å². The number of nitrogens with one attached hydrogen (secondary N) is 1. The Hall–Kier alpha value is -1.29. The highest BCUT2D eigenvalue weighted by Gasteiger charge is 2.21. The van der Waals surface area contributed by atoms with E-state index in [1.807, 2.05) is 0 Å². The fourth-order valence-electron chi connectivity index (χ4n) is 2.02. The molecule has 1 N–H and O–H groups in total. The molecule has 0 saturated heterocycles. The molecule has 0 radical (unpaired) electrons. The highest BCUT2D eigenvalue weighted by atomic mass is 35.5. The molecule has 2 nitrogen and oxygen atoms in total. The molecular formula is C16H14Cl2FNO. The van der Waals surface area contributed by atoms with Crippen molar-refractivity contribution < 1.29 is 9.13 Å². The van der Waals surface area contributed by atoms with E-state index < -0.39 is 5.82 Å². The lowest BCUT2D eigenvalue weighted by molar-refractivity contribution is 0.436. The van der Waals surface area contributed by atoms with E-state index in [0.29, 0.717) is 23.4 Å². The molecule has 5 heteroatoms. The minimum absolute atomic E-state index is 0.0344. The summed E-state index contributed by atoms with van der Waals surface area (Å²) in [6, 6.07) is 10.6. The number of benzene rings is 2. The van der Waals surface area contributed by atoms with Gasteiger partial charge in [-0.25, -0.2) is 4.39 Å². The number of hydrogen-bond acceptors (Lipinski definition) is 2. The summed E-state index contributed by atoms with van der Waals surface area (Å²) < 4.78 is 19.6. The van der Waals surface area contributed by atoms with Gasteiger partial charge in [-0.2, -0.15) is 0 Å². The molecule has 1 aliphatic rings. The first-order chi connectivity index (χ1) is 10.1. The van der Waals surface area contributed by atoms with Gasteiger partial charge in [0.2, 0.25) is 0 Å². The molecule has 1 fully saturated rings. The lowest BCUT2D eigenvalue weighted by Crippen LogP contribution is -2.16. The molecule has 0 atom stereocenters. The fraction of sp³-hybridized carbons (Fsp3) is 0.250. The third-order valence-corrected chi connectivity index (χ3v) is 4.00. The SMILES string of the molecule is Fc1c(Cl)cccc1Oc1cccc(Cl)c1CNC1CC1. The smallest absolute Gasteiger partial charge is 0.184 e. The first-order valence-corrected chi connectivity index (χ1v) is 7.53. The largest absolute Gasteiger partial charge is 0.454 e. The summed E-state index contributed by atoms with van der Waals surface area (Å²) in [5.41, 5.74) is 0.824. The Labute approximate surface area is 132 Å². The number of rotatable bonds is 5.